The third-order valence-electron chi connectivity index (χ3n) is 11.2. The minimum atomic E-state index is -1.01. The summed E-state index contributed by atoms with van der Waals surface area (Å²) in [7, 11) is 0. The minimum absolute atomic E-state index is 0.0649. The van der Waals surface area contributed by atoms with Gasteiger partial charge in [-0.3, -0.25) is 4.79 Å². The number of aliphatic hydroxyl groups is 2. The summed E-state index contributed by atoms with van der Waals surface area (Å²) in [6, 6.07) is 0. The van der Waals surface area contributed by atoms with Gasteiger partial charge in [-0.15, -0.1) is 0 Å². The lowest BCUT2D eigenvalue weighted by Gasteiger charge is -2.60. The van der Waals surface area contributed by atoms with Crippen molar-refractivity contribution in [3.05, 3.63) is 34.9 Å². The van der Waals surface area contributed by atoms with Gasteiger partial charge in [0.1, 0.15) is 5.78 Å². The summed E-state index contributed by atoms with van der Waals surface area (Å²) in [4.78, 5) is 24.0. The second-order valence-corrected chi connectivity index (χ2v) is 13.2. The fourth-order valence-corrected chi connectivity index (χ4v) is 8.73. The third-order valence-corrected chi connectivity index (χ3v) is 11.2. The second-order valence-electron chi connectivity index (χ2n) is 13.2. The number of carboxylic acid groups (broad SMARTS) is 1. The third kappa shape index (κ3) is 3.63. The number of ketones is 1. The van der Waals surface area contributed by atoms with Gasteiger partial charge in [-0.05, 0) is 84.8 Å². The van der Waals surface area contributed by atoms with E-state index in [2.05, 4.69) is 53.7 Å². The number of fused-ring (bicyclic) bond motifs is 5. The van der Waals surface area contributed by atoms with Crippen LogP contribution in [-0.4, -0.2) is 39.3 Å². The van der Waals surface area contributed by atoms with E-state index in [-0.39, 0.29) is 39.6 Å². The zero-order chi connectivity index (χ0) is 26.1. The number of carboxylic acids is 1. The zero-order valence-corrected chi connectivity index (χ0v) is 22.5. The molecule has 5 heteroatoms. The van der Waals surface area contributed by atoms with Crippen molar-refractivity contribution in [2.45, 2.75) is 99.2 Å². The maximum Gasteiger partial charge on any atom is 0.331 e. The van der Waals surface area contributed by atoms with Gasteiger partial charge in [0.05, 0.1) is 12.2 Å². The normalized spacial score (nSPS) is 42.3. The summed E-state index contributed by atoms with van der Waals surface area (Å²) < 4.78 is 0. The average molecular weight is 485 g/mol. The molecule has 0 saturated heterocycles. The highest BCUT2D eigenvalue weighted by atomic mass is 16.4. The predicted molar refractivity (Wildman–Crippen MR) is 137 cm³/mol. The molecule has 5 nitrogen and oxygen atoms in total. The van der Waals surface area contributed by atoms with Gasteiger partial charge in [0.2, 0.25) is 0 Å². The van der Waals surface area contributed by atoms with E-state index in [9.17, 15) is 19.8 Å². The van der Waals surface area contributed by atoms with Gasteiger partial charge in [-0.25, -0.2) is 4.79 Å². The molecule has 0 radical (unpaired) electrons. The molecule has 35 heavy (non-hydrogen) atoms. The summed E-state index contributed by atoms with van der Waals surface area (Å²) in [5, 5.41) is 31.3. The lowest BCUT2D eigenvalue weighted by molar-refractivity contribution is -0.138. The van der Waals surface area contributed by atoms with Crippen molar-refractivity contribution in [2.24, 2.45) is 39.4 Å². The Morgan fingerprint density at radius 3 is 2.46 bits per heavy atom. The Hall–Kier alpha value is -1.72. The van der Waals surface area contributed by atoms with E-state index in [4.69, 9.17) is 5.11 Å². The number of aliphatic hydroxyl groups excluding tert-OH is 2. The van der Waals surface area contributed by atoms with Crippen LogP contribution in [0.1, 0.15) is 87.0 Å². The van der Waals surface area contributed by atoms with Crippen molar-refractivity contribution >= 4 is 11.8 Å². The molecule has 3 N–H and O–H groups in total. The van der Waals surface area contributed by atoms with Crippen molar-refractivity contribution in [1.29, 1.82) is 0 Å². The largest absolute Gasteiger partial charge is 0.478 e. The zero-order valence-electron chi connectivity index (χ0n) is 22.5. The van der Waals surface area contributed by atoms with E-state index in [1.54, 1.807) is 0 Å². The van der Waals surface area contributed by atoms with Crippen molar-refractivity contribution in [3.8, 4) is 0 Å². The first-order chi connectivity index (χ1) is 16.1. The smallest absolute Gasteiger partial charge is 0.331 e. The highest BCUT2D eigenvalue weighted by Crippen LogP contribution is 2.71. The maximum atomic E-state index is 12.8. The Morgan fingerprint density at radius 2 is 1.83 bits per heavy atom. The van der Waals surface area contributed by atoms with Gasteiger partial charge in [-0.1, -0.05) is 53.7 Å². The van der Waals surface area contributed by atoms with E-state index in [0.29, 0.717) is 25.0 Å². The van der Waals surface area contributed by atoms with Crippen molar-refractivity contribution < 1.29 is 24.9 Å². The fraction of sp³-hybridized carbons (Fsp3) is 0.733. The molecule has 8 atom stereocenters. The summed E-state index contributed by atoms with van der Waals surface area (Å²) >= 11 is 0. The van der Waals surface area contributed by atoms with Crippen LogP contribution in [0.25, 0.3) is 0 Å². The molecule has 4 rings (SSSR count). The Bertz CT molecular complexity index is 1020. The molecule has 194 valence electrons. The van der Waals surface area contributed by atoms with E-state index in [1.165, 1.54) is 24.1 Å². The van der Waals surface area contributed by atoms with Crippen LogP contribution in [0.3, 0.4) is 0 Å². The van der Waals surface area contributed by atoms with Crippen LogP contribution in [0.2, 0.25) is 0 Å². The summed E-state index contributed by atoms with van der Waals surface area (Å²) in [6.45, 7) is 14.7. The molecule has 2 saturated carbocycles. The van der Waals surface area contributed by atoms with Gasteiger partial charge >= 0.3 is 5.97 Å². The van der Waals surface area contributed by atoms with Crippen molar-refractivity contribution in [2.75, 3.05) is 0 Å². The molecule has 0 bridgehead atoms. The molecule has 0 aromatic carbocycles. The predicted octanol–water partition coefficient (Wildman–Crippen LogP) is 5.47. The highest BCUT2D eigenvalue weighted by Gasteiger charge is 2.66. The van der Waals surface area contributed by atoms with Crippen LogP contribution in [0.4, 0.5) is 0 Å². The molecular weight excluding hydrogens is 440 g/mol. The maximum absolute atomic E-state index is 12.8. The lowest BCUT2D eigenvalue weighted by atomic mass is 9.44. The number of Topliss-reactive ketones (excluding diaryl/α,β-unsaturated/α-hetero) is 1. The standard InChI is InChI=1S/C30H44O5/c1-17(14-19(31)15-18(2)26(34)35)22-16-25(33)30(7)21-8-9-23-27(3,4)24(32)11-12-28(23,5)20(21)10-13-29(22,30)6/h8,10,15,17,19,22-23,25,31,33H,9,11-14,16H2,1-7H3,(H,34,35)/t17-,19-,22-,23-,25+,28-,29-,30-/m1/s1. The number of allylic oxidation sites excluding steroid dienone is 3. The van der Waals surface area contributed by atoms with E-state index < -0.39 is 23.6 Å². The summed E-state index contributed by atoms with van der Waals surface area (Å²) in [5.74, 6) is -0.0554. The van der Waals surface area contributed by atoms with Crippen molar-refractivity contribution in [3.63, 3.8) is 0 Å². The quantitative estimate of drug-likeness (QED) is 0.450. The Kier molecular flexibility index (Phi) is 6.33. The molecule has 0 heterocycles. The van der Waals surface area contributed by atoms with Crippen LogP contribution in [0, 0.1) is 39.4 Å². The summed E-state index contributed by atoms with van der Waals surface area (Å²) in [5.41, 5.74) is 1.80. The van der Waals surface area contributed by atoms with Gasteiger partial charge in [0.15, 0.2) is 0 Å². The van der Waals surface area contributed by atoms with Gasteiger partial charge in [-0.2, -0.15) is 0 Å². The lowest BCUT2D eigenvalue weighted by Crippen LogP contribution is -2.54. The number of carbonyl (C=O) groups excluding carboxylic acids is 1. The molecule has 2 fully saturated rings. The van der Waals surface area contributed by atoms with Crippen molar-refractivity contribution in [1.82, 2.24) is 0 Å². The Morgan fingerprint density at radius 1 is 1.17 bits per heavy atom. The van der Waals surface area contributed by atoms with Crippen LogP contribution in [-0.2, 0) is 9.59 Å². The molecule has 0 amide bonds. The molecule has 4 aliphatic rings. The molecule has 0 aliphatic heterocycles. The fourth-order valence-electron chi connectivity index (χ4n) is 8.73. The summed E-state index contributed by atoms with van der Waals surface area (Å²) in [6.07, 6.45) is 9.22. The van der Waals surface area contributed by atoms with Crippen LogP contribution in [0.5, 0.6) is 0 Å². The molecular formula is C30H44O5. The van der Waals surface area contributed by atoms with Gasteiger partial charge in [0.25, 0.3) is 0 Å². The highest BCUT2D eigenvalue weighted by molar-refractivity contribution is 5.86. The van der Waals surface area contributed by atoms with E-state index in [0.717, 1.165) is 19.3 Å². The molecule has 4 aliphatic carbocycles. The number of rotatable bonds is 5. The second kappa shape index (κ2) is 8.41. The molecule has 0 aromatic rings. The van der Waals surface area contributed by atoms with E-state index in [1.807, 2.05) is 0 Å². The molecule has 0 spiro atoms. The number of hydrogen-bond acceptors (Lipinski definition) is 4. The Labute approximate surface area is 210 Å². The average Bonchev–Trinajstić information content (AvgIpc) is 2.98. The first kappa shape index (κ1) is 26.3. The first-order valence-electron chi connectivity index (χ1n) is 13.3. The molecule has 0 unspecified atom stereocenters. The topological polar surface area (TPSA) is 94.8 Å². The van der Waals surface area contributed by atoms with Gasteiger partial charge < -0.3 is 15.3 Å². The SMILES string of the molecule is CC(=C[C@H](O)C[C@@H](C)[C@H]1C[C@H](O)[C@@]2(C)C3=CC[C@@H]4C(C)(C)C(=O)CC[C@]4(C)C3=CC[C@]12C)C(=O)O. The van der Waals surface area contributed by atoms with Gasteiger partial charge in [0, 0.05) is 22.8 Å². The first-order valence-corrected chi connectivity index (χ1v) is 13.3. The van der Waals surface area contributed by atoms with Crippen LogP contribution < -0.4 is 0 Å². The van der Waals surface area contributed by atoms with Crippen LogP contribution in [0.15, 0.2) is 34.9 Å². The van der Waals surface area contributed by atoms with Crippen LogP contribution >= 0.6 is 0 Å². The molecule has 0 aromatic heterocycles. The minimum Gasteiger partial charge on any atom is -0.478 e. The number of hydrogen-bond donors (Lipinski definition) is 3. The Balaban J connectivity index is 1.68. The van der Waals surface area contributed by atoms with E-state index >= 15 is 0 Å². The number of carbonyl (C=O) groups is 2. The monoisotopic (exact) mass is 484 g/mol. The number of aliphatic carboxylic acids is 1.